The van der Waals surface area contributed by atoms with Gasteiger partial charge in [0.05, 0.1) is 11.6 Å². The van der Waals surface area contributed by atoms with Gasteiger partial charge in [0, 0.05) is 37.8 Å². The number of nitriles is 1. The third-order valence-corrected chi connectivity index (χ3v) is 4.09. The summed E-state index contributed by atoms with van der Waals surface area (Å²) >= 11 is 0. The first kappa shape index (κ1) is 12.5. The molecule has 1 aliphatic carbocycles. The Bertz CT molecular complexity index is 499. The highest BCUT2D eigenvalue weighted by atomic mass is 16.3. The van der Waals surface area contributed by atoms with Crippen molar-refractivity contribution in [1.82, 2.24) is 10.2 Å². The Balaban J connectivity index is 1.93. The van der Waals surface area contributed by atoms with E-state index >= 15 is 0 Å². The van der Waals surface area contributed by atoms with E-state index < -0.39 is 0 Å². The molecule has 0 amide bonds. The van der Waals surface area contributed by atoms with Gasteiger partial charge >= 0.3 is 0 Å². The number of hydrogen-bond acceptors (Lipinski definition) is 4. The number of hydrogen-bond donors (Lipinski definition) is 2. The van der Waals surface area contributed by atoms with Crippen molar-refractivity contribution in [2.75, 3.05) is 26.2 Å². The molecule has 1 saturated carbocycles. The zero-order chi connectivity index (χ0) is 13.2. The maximum Gasteiger partial charge on any atom is 0.120 e. The van der Waals surface area contributed by atoms with Crippen molar-refractivity contribution in [3.63, 3.8) is 0 Å². The maximum absolute atomic E-state index is 10.2. The summed E-state index contributed by atoms with van der Waals surface area (Å²) in [6.45, 7) is 4.03. The van der Waals surface area contributed by atoms with Crippen LogP contribution in [-0.4, -0.2) is 36.2 Å². The normalized spacial score (nSPS) is 21.8. The van der Waals surface area contributed by atoms with Gasteiger partial charge in [0.15, 0.2) is 0 Å². The molecule has 0 spiro atoms. The van der Waals surface area contributed by atoms with Crippen LogP contribution in [0, 0.1) is 17.2 Å². The van der Waals surface area contributed by atoms with E-state index in [0.29, 0.717) is 17.2 Å². The third kappa shape index (κ3) is 2.58. The molecule has 2 aliphatic rings. The van der Waals surface area contributed by atoms with Crippen molar-refractivity contribution >= 4 is 0 Å². The van der Waals surface area contributed by atoms with E-state index in [0.717, 1.165) is 31.7 Å². The minimum absolute atomic E-state index is 0.274. The summed E-state index contributed by atoms with van der Waals surface area (Å²) in [5.41, 5.74) is 1.57. The number of rotatable bonds is 3. The number of aromatic hydroxyl groups is 1. The van der Waals surface area contributed by atoms with Gasteiger partial charge in [-0.25, -0.2) is 0 Å². The molecule has 100 valence electrons. The highest BCUT2D eigenvalue weighted by Crippen LogP contribution is 2.47. The van der Waals surface area contributed by atoms with Gasteiger partial charge < -0.3 is 10.4 Å². The van der Waals surface area contributed by atoms with Crippen LogP contribution in [0.3, 0.4) is 0 Å². The van der Waals surface area contributed by atoms with E-state index in [4.69, 9.17) is 5.26 Å². The molecule has 0 unspecified atom stereocenters. The summed E-state index contributed by atoms with van der Waals surface area (Å²) < 4.78 is 0. The molecule has 4 nitrogen and oxygen atoms in total. The second kappa shape index (κ2) is 5.20. The number of nitrogens with zero attached hydrogens (tertiary/aromatic N) is 2. The second-order valence-electron chi connectivity index (χ2n) is 5.45. The SMILES string of the molecule is N#Cc1ccc(O)c([C@@H](C2CC2)N2CCNCC2)c1. The largest absolute Gasteiger partial charge is 0.508 e. The minimum Gasteiger partial charge on any atom is -0.508 e. The Morgan fingerprint density at radius 1 is 1.32 bits per heavy atom. The summed E-state index contributed by atoms with van der Waals surface area (Å²) in [4.78, 5) is 2.45. The van der Waals surface area contributed by atoms with Gasteiger partial charge in [-0.3, -0.25) is 4.90 Å². The molecule has 0 radical (unpaired) electrons. The lowest BCUT2D eigenvalue weighted by Crippen LogP contribution is -2.45. The topological polar surface area (TPSA) is 59.3 Å². The number of phenolic OH excluding ortho intramolecular Hbond substituents is 1. The Morgan fingerprint density at radius 3 is 2.68 bits per heavy atom. The van der Waals surface area contributed by atoms with Gasteiger partial charge in [0.25, 0.3) is 0 Å². The first-order valence-electron chi connectivity index (χ1n) is 6.97. The number of piperazine rings is 1. The fourth-order valence-electron chi connectivity index (χ4n) is 2.98. The summed E-state index contributed by atoms with van der Waals surface area (Å²) in [6.07, 6.45) is 2.45. The summed E-state index contributed by atoms with van der Waals surface area (Å²) in [5, 5.41) is 22.6. The van der Waals surface area contributed by atoms with E-state index in [-0.39, 0.29) is 6.04 Å². The smallest absolute Gasteiger partial charge is 0.120 e. The van der Waals surface area contributed by atoms with E-state index in [1.165, 1.54) is 12.8 Å². The van der Waals surface area contributed by atoms with Crippen LogP contribution < -0.4 is 5.32 Å². The Morgan fingerprint density at radius 2 is 2.05 bits per heavy atom. The summed E-state index contributed by atoms with van der Waals surface area (Å²) in [7, 11) is 0. The molecule has 2 fully saturated rings. The maximum atomic E-state index is 10.2. The quantitative estimate of drug-likeness (QED) is 0.864. The van der Waals surface area contributed by atoms with Crippen molar-refractivity contribution in [2.24, 2.45) is 5.92 Å². The van der Waals surface area contributed by atoms with Crippen LogP contribution in [0.5, 0.6) is 5.75 Å². The summed E-state index contributed by atoms with van der Waals surface area (Å²) in [5.74, 6) is 0.965. The van der Waals surface area contributed by atoms with Crippen molar-refractivity contribution in [1.29, 1.82) is 5.26 Å². The molecule has 19 heavy (non-hydrogen) atoms. The molecular weight excluding hydrogens is 238 g/mol. The fourth-order valence-corrected chi connectivity index (χ4v) is 2.98. The molecule has 1 aromatic rings. The van der Waals surface area contributed by atoms with Crippen LogP contribution >= 0.6 is 0 Å². The fraction of sp³-hybridized carbons (Fsp3) is 0.533. The molecule has 0 aromatic heterocycles. The average Bonchev–Trinajstić information content (AvgIpc) is 3.27. The second-order valence-corrected chi connectivity index (χ2v) is 5.45. The van der Waals surface area contributed by atoms with Crippen molar-refractivity contribution < 1.29 is 5.11 Å². The lowest BCUT2D eigenvalue weighted by atomic mass is 9.97. The Labute approximate surface area is 113 Å². The molecule has 1 aliphatic heterocycles. The monoisotopic (exact) mass is 257 g/mol. The van der Waals surface area contributed by atoms with E-state index in [1.54, 1.807) is 12.1 Å². The van der Waals surface area contributed by atoms with Crippen molar-refractivity contribution in [3.8, 4) is 11.8 Å². The highest BCUT2D eigenvalue weighted by Gasteiger charge is 2.38. The highest BCUT2D eigenvalue weighted by molar-refractivity contribution is 5.43. The van der Waals surface area contributed by atoms with Crippen LogP contribution in [0.1, 0.15) is 30.0 Å². The molecule has 1 saturated heterocycles. The molecule has 2 N–H and O–H groups in total. The lowest BCUT2D eigenvalue weighted by molar-refractivity contribution is 0.153. The minimum atomic E-state index is 0.274. The Hall–Kier alpha value is -1.57. The predicted octanol–water partition coefficient (Wildman–Crippen LogP) is 1.62. The lowest BCUT2D eigenvalue weighted by Gasteiger charge is -2.35. The van der Waals surface area contributed by atoms with Crippen molar-refractivity contribution in [3.05, 3.63) is 29.3 Å². The Kier molecular flexibility index (Phi) is 3.41. The van der Waals surface area contributed by atoms with Crippen LogP contribution in [-0.2, 0) is 0 Å². The number of phenols is 1. The van der Waals surface area contributed by atoms with Crippen LogP contribution in [0.2, 0.25) is 0 Å². The summed E-state index contributed by atoms with van der Waals surface area (Å²) in [6, 6.07) is 7.64. The molecule has 1 aromatic carbocycles. The molecule has 1 atom stereocenters. The first-order chi connectivity index (χ1) is 9.29. The van der Waals surface area contributed by atoms with Crippen LogP contribution in [0.25, 0.3) is 0 Å². The third-order valence-electron chi connectivity index (χ3n) is 4.09. The molecule has 0 bridgehead atoms. The number of benzene rings is 1. The van der Waals surface area contributed by atoms with Gasteiger partial charge in [-0.2, -0.15) is 5.26 Å². The van der Waals surface area contributed by atoms with Gasteiger partial charge in [-0.1, -0.05) is 0 Å². The molecule has 3 rings (SSSR count). The van der Waals surface area contributed by atoms with Crippen LogP contribution in [0.15, 0.2) is 18.2 Å². The van der Waals surface area contributed by atoms with Gasteiger partial charge in [-0.15, -0.1) is 0 Å². The average molecular weight is 257 g/mol. The molecular formula is C15H19N3O. The van der Waals surface area contributed by atoms with Crippen molar-refractivity contribution in [2.45, 2.75) is 18.9 Å². The van der Waals surface area contributed by atoms with Crippen LogP contribution in [0.4, 0.5) is 0 Å². The van der Waals surface area contributed by atoms with Gasteiger partial charge in [0.1, 0.15) is 5.75 Å². The standard InChI is InChI=1S/C15H19N3O/c16-10-11-1-4-14(19)13(9-11)15(12-2-3-12)18-7-5-17-6-8-18/h1,4,9,12,15,17,19H,2-3,5-8H2/t15-/m1/s1. The molecule has 4 heteroatoms. The zero-order valence-corrected chi connectivity index (χ0v) is 11.0. The van der Waals surface area contributed by atoms with E-state index in [2.05, 4.69) is 16.3 Å². The van der Waals surface area contributed by atoms with E-state index in [1.807, 2.05) is 6.07 Å². The molecule has 1 heterocycles. The predicted molar refractivity (Wildman–Crippen MR) is 72.7 cm³/mol. The number of nitrogens with one attached hydrogen (secondary N) is 1. The zero-order valence-electron chi connectivity index (χ0n) is 11.0. The van der Waals surface area contributed by atoms with Gasteiger partial charge in [-0.05, 0) is 37.0 Å². The first-order valence-corrected chi connectivity index (χ1v) is 6.97. The van der Waals surface area contributed by atoms with Gasteiger partial charge in [0.2, 0.25) is 0 Å². The van der Waals surface area contributed by atoms with E-state index in [9.17, 15) is 5.11 Å².